The zero-order chi connectivity index (χ0) is 19.7. The Hall–Kier alpha value is -1.66. The lowest BCUT2D eigenvalue weighted by molar-refractivity contribution is -0.118. The molecule has 6 nitrogen and oxygen atoms in total. The number of aliphatic hydroxyl groups is 2. The van der Waals surface area contributed by atoms with E-state index in [4.69, 9.17) is 10.2 Å². The predicted molar refractivity (Wildman–Crippen MR) is 107 cm³/mol. The molecule has 0 radical (unpaired) electrons. The number of aliphatic hydroxyl groups excluding tert-OH is 2. The molecule has 1 saturated carbocycles. The lowest BCUT2D eigenvalue weighted by atomic mass is 10.1. The maximum atomic E-state index is 11.8. The summed E-state index contributed by atoms with van der Waals surface area (Å²) in [6, 6.07) is 0.0603. The molecule has 0 saturated heterocycles. The van der Waals surface area contributed by atoms with Crippen molar-refractivity contribution in [2.45, 2.75) is 82.7 Å². The SMILES string of the molecule is O=C(C=CCCCCCCO)N[C@H]1C[C@H]1NC(=O)C=CCCCCCCO. The summed E-state index contributed by atoms with van der Waals surface area (Å²) >= 11 is 0. The second-order valence-electron chi connectivity index (χ2n) is 7.12. The molecule has 0 heterocycles. The van der Waals surface area contributed by atoms with Crippen LogP contribution < -0.4 is 10.6 Å². The van der Waals surface area contributed by atoms with Gasteiger partial charge in [0.2, 0.25) is 11.8 Å². The molecule has 0 aromatic rings. The fourth-order valence-corrected chi connectivity index (χ4v) is 2.81. The topological polar surface area (TPSA) is 98.7 Å². The number of carbonyl (C=O) groups excluding carboxylic acids is 2. The van der Waals surface area contributed by atoms with Crippen LogP contribution in [0.4, 0.5) is 0 Å². The Morgan fingerprint density at radius 3 is 1.52 bits per heavy atom. The van der Waals surface area contributed by atoms with E-state index in [0.717, 1.165) is 70.6 Å². The van der Waals surface area contributed by atoms with Gasteiger partial charge in [0.25, 0.3) is 0 Å². The van der Waals surface area contributed by atoms with E-state index in [1.807, 2.05) is 12.2 Å². The van der Waals surface area contributed by atoms with Crippen molar-refractivity contribution in [3.8, 4) is 0 Å². The molecule has 1 aliphatic rings. The molecule has 2 atom stereocenters. The molecular formula is C21H36N2O4. The van der Waals surface area contributed by atoms with Crippen molar-refractivity contribution in [1.82, 2.24) is 10.6 Å². The van der Waals surface area contributed by atoms with Crippen LogP contribution >= 0.6 is 0 Å². The minimum atomic E-state index is -0.106. The Morgan fingerprint density at radius 2 is 1.11 bits per heavy atom. The first kappa shape index (κ1) is 23.4. The zero-order valence-electron chi connectivity index (χ0n) is 16.4. The van der Waals surface area contributed by atoms with Gasteiger partial charge in [0.1, 0.15) is 0 Å². The number of rotatable bonds is 16. The second-order valence-corrected chi connectivity index (χ2v) is 7.12. The zero-order valence-corrected chi connectivity index (χ0v) is 16.4. The summed E-state index contributed by atoms with van der Waals surface area (Å²) in [5.41, 5.74) is 0. The average molecular weight is 381 g/mol. The Kier molecular flexibility index (Phi) is 13.3. The molecule has 4 N–H and O–H groups in total. The number of nitrogens with one attached hydrogen (secondary N) is 2. The van der Waals surface area contributed by atoms with Gasteiger partial charge in [-0.15, -0.1) is 0 Å². The summed E-state index contributed by atoms with van der Waals surface area (Å²) in [5.74, 6) is -0.212. The molecule has 1 fully saturated rings. The Bertz CT molecular complexity index is 435. The molecule has 2 amide bonds. The van der Waals surface area contributed by atoms with Crippen molar-refractivity contribution in [1.29, 1.82) is 0 Å². The lowest BCUT2D eigenvalue weighted by Crippen LogP contribution is -2.33. The first-order valence-electron chi connectivity index (χ1n) is 10.3. The van der Waals surface area contributed by atoms with Gasteiger partial charge in [-0.3, -0.25) is 9.59 Å². The van der Waals surface area contributed by atoms with E-state index in [9.17, 15) is 9.59 Å². The highest BCUT2D eigenvalue weighted by molar-refractivity contribution is 5.89. The summed E-state index contributed by atoms with van der Waals surface area (Å²) in [4.78, 5) is 23.6. The molecule has 6 heteroatoms. The van der Waals surface area contributed by atoms with E-state index in [2.05, 4.69) is 10.6 Å². The van der Waals surface area contributed by atoms with Crippen LogP contribution in [0.5, 0.6) is 0 Å². The number of allylic oxidation sites excluding steroid dienone is 2. The fourth-order valence-electron chi connectivity index (χ4n) is 2.81. The minimum absolute atomic E-state index is 0.0301. The third kappa shape index (κ3) is 13.2. The highest BCUT2D eigenvalue weighted by Crippen LogP contribution is 2.21. The molecule has 0 aliphatic heterocycles. The summed E-state index contributed by atoms with van der Waals surface area (Å²) < 4.78 is 0. The van der Waals surface area contributed by atoms with Crippen LogP contribution in [0.25, 0.3) is 0 Å². The van der Waals surface area contributed by atoms with Crippen LogP contribution in [0.1, 0.15) is 70.6 Å². The average Bonchev–Trinajstić information content (AvgIpc) is 3.37. The summed E-state index contributed by atoms with van der Waals surface area (Å²) in [6.07, 6.45) is 17.4. The number of amides is 2. The molecule has 0 unspecified atom stereocenters. The van der Waals surface area contributed by atoms with Gasteiger partial charge in [-0.2, -0.15) is 0 Å². The van der Waals surface area contributed by atoms with Crippen LogP contribution in [-0.4, -0.2) is 47.3 Å². The molecule has 0 bridgehead atoms. The monoisotopic (exact) mass is 380 g/mol. The predicted octanol–water partition coefficient (Wildman–Crippen LogP) is 2.36. The van der Waals surface area contributed by atoms with Crippen LogP contribution in [0.3, 0.4) is 0 Å². The number of hydrogen-bond acceptors (Lipinski definition) is 4. The van der Waals surface area contributed by atoms with Gasteiger partial charge in [0.15, 0.2) is 0 Å². The normalized spacial score (nSPS) is 18.9. The van der Waals surface area contributed by atoms with Gasteiger partial charge in [-0.25, -0.2) is 0 Å². The van der Waals surface area contributed by atoms with Crippen molar-refractivity contribution in [3.63, 3.8) is 0 Å². The number of hydrogen-bond donors (Lipinski definition) is 4. The van der Waals surface area contributed by atoms with Crippen LogP contribution in [0.15, 0.2) is 24.3 Å². The molecule has 27 heavy (non-hydrogen) atoms. The third-order valence-corrected chi connectivity index (χ3v) is 4.54. The molecule has 0 aromatic carbocycles. The lowest BCUT2D eigenvalue weighted by Gasteiger charge is -2.02. The van der Waals surface area contributed by atoms with Gasteiger partial charge < -0.3 is 20.8 Å². The highest BCUT2D eigenvalue weighted by atomic mass is 16.3. The second kappa shape index (κ2) is 15.4. The quantitative estimate of drug-likeness (QED) is 0.244. The largest absolute Gasteiger partial charge is 0.396 e. The number of carbonyl (C=O) groups is 2. The van der Waals surface area contributed by atoms with E-state index < -0.39 is 0 Å². The first-order chi connectivity index (χ1) is 13.2. The molecule has 154 valence electrons. The van der Waals surface area contributed by atoms with Gasteiger partial charge >= 0.3 is 0 Å². The smallest absolute Gasteiger partial charge is 0.243 e. The number of unbranched alkanes of at least 4 members (excludes halogenated alkanes) is 8. The molecular weight excluding hydrogens is 344 g/mol. The Balaban J connectivity index is 2.03. The first-order valence-corrected chi connectivity index (χ1v) is 10.3. The minimum Gasteiger partial charge on any atom is -0.396 e. The van der Waals surface area contributed by atoms with E-state index in [1.54, 1.807) is 12.2 Å². The van der Waals surface area contributed by atoms with Crippen LogP contribution in [0, 0.1) is 0 Å². The van der Waals surface area contributed by atoms with E-state index >= 15 is 0 Å². The maximum Gasteiger partial charge on any atom is 0.243 e. The van der Waals surface area contributed by atoms with Crippen LogP contribution in [0.2, 0.25) is 0 Å². The van der Waals surface area contributed by atoms with Crippen molar-refractivity contribution >= 4 is 11.8 Å². The van der Waals surface area contributed by atoms with Crippen molar-refractivity contribution in [2.75, 3.05) is 13.2 Å². The van der Waals surface area contributed by atoms with Gasteiger partial charge in [0.05, 0.1) is 12.1 Å². The standard InChI is InChI=1S/C21H36N2O4/c24-15-11-7-3-1-5-9-13-20(26)22-18-17-19(18)23-21(27)14-10-6-2-4-8-12-16-25/h9-10,13-14,18-19,24-25H,1-8,11-12,15-17H2,(H,22,26)(H,23,27)/t18-,19+. The van der Waals surface area contributed by atoms with Gasteiger partial charge in [-0.05, 0) is 57.1 Å². The molecule has 0 aromatic heterocycles. The van der Waals surface area contributed by atoms with Gasteiger partial charge in [0, 0.05) is 13.2 Å². The van der Waals surface area contributed by atoms with E-state index in [0.29, 0.717) is 0 Å². The fraction of sp³-hybridized carbons (Fsp3) is 0.714. The third-order valence-electron chi connectivity index (χ3n) is 4.54. The highest BCUT2D eigenvalue weighted by Gasteiger charge is 2.38. The van der Waals surface area contributed by atoms with E-state index in [1.165, 1.54) is 0 Å². The summed E-state index contributed by atoms with van der Waals surface area (Å²) in [6.45, 7) is 0.497. The Morgan fingerprint density at radius 1 is 0.704 bits per heavy atom. The van der Waals surface area contributed by atoms with Crippen molar-refractivity contribution < 1.29 is 19.8 Å². The van der Waals surface area contributed by atoms with E-state index in [-0.39, 0.29) is 37.1 Å². The van der Waals surface area contributed by atoms with Crippen LogP contribution in [-0.2, 0) is 9.59 Å². The Labute approximate surface area is 163 Å². The molecule has 1 aliphatic carbocycles. The van der Waals surface area contributed by atoms with Gasteiger partial charge in [-0.1, -0.05) is 37.8 Å². The molecule has 0 spiro atoms. The molecule has 1 rings (SSSR count). The summed E-state index contributed by atoms with van der Waals surface area (Å²) in [7, 11) is 0. The summed E-state index contributed by atoms with van der Waals surface area (Å²) in [5, 5.41) is 23.2. The van der Waals surface area contributed by atoms with Crippen molar-refractivity contribution in [2.24, 2.45) is 0 Å². The maximum absolute atomic E-state index is 11.8. The van der Waals surface area contributed by atoms with Crippen molar-refractivity contribution in [3.05, 3.63) is 24.3 Å².